The quantitative estimate of drug-likeness (QED) is 0.305. The third-order valence-corrected chi connectivity index (χ3v) is 5.79. The topological polar surface area (TPSA) is 74.4 Å². The second kappa shape index (κ2) is 10.7. The molecule has 0 bridgehead atoms. The van der Waals surface area contributed by atoms with Crippen molar-refractivity contribution in [1.29, 1.82) is 0 Å². The molecule has 0 saturated carbocycles. The number of benzene rings is 2. The molecule has 2 aromatic rings. The molecule has 1 aliphatic rings. The Balaban J connectivity index is 1.81. The molecule has 0 aliphatic carbocycles. The zero-order valence-corrected chi connectivity index (χ0v) is 19.7. The molecule has 2 aromatic carbocycles. The molecule has 1 atom stereocenters. The zero-order valence-electron chi connectivity index (χ0n) is 18.2. The number of anilines is 1. The largest absolute Gasteiger partial charge is 0.378 e. The highest BCUT2D eigenvalue weighted by atomic mass is 35.5. The smallest absolute Gasteiger partial charge is 0.254 e. The number of nitrogens with two attached hydrogens (primary N) is 1. The van der Waals surface area contributed by atoms with Gasteiger partial charge in [0.2, 0.25) is 5.96 Å². The van der Waals surface area contributed by atoms with Gasteiger partial charge in [-0.05, 0) is 55.5 Å². The van der Waals surface area contributed by atoms with E-state index >= 15 is 0 Å². The van der Waals surface area contributed by atoms with Crippen molar-refractivity contribution in [3.63, 3.8) is 0 Å². The van der Waals surface area contributed by atoms with E-state index in [-0.39, 0.29) is 11.9 Å². The molecule has 1 heterocycles. The van der Waals surface area contributed by atoms with Gasteiger partial charge in [0.15, 0.2) is 0 Å². The highest BCUT2D eigenvalue weighted by Crippen LogP contribution is 2.25. The van der Waals surface area contributed by atoms with Crippen molar-refractivity contribution in [2.75, 3.05) is 38.3 Å². The van der Waals surface area contributed by atoms with Gasteiger partial charge < -0.3 is 20.4 Å². The Morgan fingerprint density at radius 1 is 1.16 bits per heavy atom. The number of methoxy groups -OCH3 is 1. The predicted octanol–water partition coefficient (Wildman–Crippen LogP) is 4.04. The first-order chi connectivity index (χ1) is 15.3. The monoisotopic (exact) mass is 475 g/mol. The maximum atomic E-state index is 13.0. The van der Waals surface area contributed by atoms with E-state index in [1.54, 1.807) is 43.5 Å². The van der Waals surface area contributed by atoms with E-state index in [1.165, 1.54) is 0 Å². The lowest BCUT2D eigenvalue weighted by Gasteiger charge is -2.43. The summed E-state index contributed by atoms with van der Waals surface area (Å²) in [5.74, 6) is 6.35. The summed E-state index contributed by atoms with van der Waals surface area (Å²) in [6, 6.07) is 14.2. The van der Waals surface area contributed by atoms with Crippen LogP contribution in [-0.2, 0) is 4.74 Å². The number of hydrazone groups is 1. The Hall–Kier alpha value is -2.74. The minimum Gasteiger partial charge on any atom is -0.378 e. The molecule has 2 N–H and O–H groups in total. The Bertz CT molecular complexity index is 979. The molecule has 1 fully saturated rings. The van der Waals surface area contributed by atoms with Crippen LogP contribution in [0.2, 0.25) is 10.0 Å². The van der Waals surface area contributed by atoms with E-state index in [4.69, 9.17) is 33.8 Å². The van der Waals surface area contributed by atoms with Crippen molar-refractivity contribution in [2.45, 2.75) is 13.0 Å². The Labute approximate surface area is 198 Å². The van der Waals surface area contributed by atoms with E-state index in [1.807, 2.05) is 33.8 Å². The van der Waals surface area contributed by atoms with Gasteiger partial charge >= 0.3 is 0 Å². The van der Waals surface area contributed by atoms with Gasteiger partial charge in [-0.2, -0.15) is 0 Å². The molecule has 1 amide bonds. The summed E-state index contributed by atoms with van der Waals surface area (Å²) in [5.41, 5.74) is 2.10. The van der Waals surface area contributed by atoms with Gasteiger partial charge in [0.1, 0.15) is 0 Å². The standard InChI is InChI=1S/C23H27Cl2N5O2/c1-16-14-28(12-13-29(16)22(31)18-4-6-19(24)7-5-18)23(27-26)30(17(2)15-32-3)21-10-8-20(25)9-11-21/h4-11,16H,2,12-15,26H2,1,3H3/b27-23-. The molecule has 1 aliphatic heterocycles. The number of carbonyl (C=O) groups is 1. The van der Waals surface area contributed by atoms with Crippen LogP contribution in [-0.4, -0.2) is 61.1 Å². The Kier molecular flexibility index (Phi) is 8.01. The third kappa shape index (κ3) is 5.35. The number of piperazine rings is 1. The number of guanidine groups is 1. The van der Waals surface area contributed by atoms with Gasteiger partial charge in [0.25, 0.3) is 5.91 Å². The van der Waals surface area contributed by atoms with E-state index in [2.05, 4.69) is 11.7 Å². The fourth-order valence-electron chi connectivity index (χ4n) is 3.74. The molecule has 32 heavy (non-hydrogen) atoms. The number of halogens is 2. The van der Waals surface area contributed by atoms with Gasteiger partial charge in [-0.15, -0.1) is 5.10 Å². The molecule has 1 unspecified atom stereocenters. The molecule has 1 saturated heterocycles. The molecule has 0 radical (unpaired) electrons. The van der Waals surface area contributed by atoms with Gasteiger partial charge in [0, 0.05) is 59.8 Å². The summed E-state index contributed by atoms with van der Waals surface area (Å²) in [6.45, 7) is 8.08. The fourth-order valence-corrected chi connectivity index (χ4v) is 3.99. The van der Waals surface area contributed by atoms with Crippen molar-refractivity contribution in [2.24, 2.45) is 10.9 Å². The van der Waals surface area contributed by atoms with Crippen LogP contribution in [0.1, 0.15) is 17.3 Å². The van der Waals surface area contributed by atoms with Gasteiger partial charge in [-0.1, -0.05) is 29.8 Å². The number of carbonyl (C=O) groups excluding carboxylic acids is 1. The number of amides is 1. The first-order valence-corrected chi connectivity index (χ1v) is 10.9. The summed E-state index contributed by atoms with van der Waals surface area (Å²) in [4.78, 5) is 18.8. The van der Waals surface area contributed by atoms with Crippen molar-refractivity contribution in [3.8, 4) is 0 Å². The van der Waals surface area contributed by atoms with Crippen LogP contribution in [0.5, 0.6) is 0 Å². The van der Waals surface area contributed by atoms with Gasteiger partial charge in [-0.3, -0.25) is 9.69 Å². The number of hydrogen-bond acceptors (Lipinski definition) is 4. The lowest BCUT2D eigenvalue weighted by molar-refractivity contribution is 0.0579. The lowest BCUT2D eigenvalue weighted by Crippen LogP contribution is -2.58. The number of hydrogen-bond donors (Lipinski definition) is 1. The van der Waals surface area contributed by atoms with Crippen molar-refractivity contribution in [1.82, 2.24) is 9.80 Å². The van der Waals surface area contributed by atoms with Crippen LogP contribution >= 0.6 is 23.2 Å². The molecule has 7 nitrogen and oxygen atoms in total. The van der Waals surface area contributed by atoms with Crippen molar-refractivity contribution < 1.29 is 9.53 Å². The maximum absolute atomic E-state index is 13.0. The molecule has 3 rings (SSSR count). The summed E-state index contributed by atoms with van der Waals surface area (Å²) < 4.78 is 5.29. The van der Waals surface area contributed by atoms with E-state index < -0.39 is 0 Å². The summed E-state index contributed by atoms with van der Waals surface area (Å²) in [7, 11) is 1.60. The molecular formula is C23H27Cl2N5O2. The second-order valence-corrected chi connectivity index (χ2v) is 8.41. The van der Waals surface area contributed by atoms with Crippen LogP contribution in [0, 0.1) is 0 Å². The highest BCUT2D eigenvalue weighted by molar-refractivity contribution is 6.31. The van der Waals surface area contributed by atoms with Crippen LogP contribution in [0.15, 0.2) is 65.9 Å². The second-order valence-electron chi connectivity index (χ2n) is 7.54. The van der Waals surface area contributed by atoms with E-state index in [9.17, 15) is 4.79 Å². The summed E-state index contributed by atoms with van der Waals surface area (Å²) >= 11 is 12.0. The minimum absolute atomic E-state index is 0.0293. The SMILES string of the molecule is C=C(COC)N(/C(=N\N)N1CCN(C(=O)c2ccc(Cl)cc2)C(C)C1)c1ccc(Cl)cc1. The summed E-state index contributed by atoms with van der Waals surface area (Å²) in [5, 5.41) is 5.31. The van der Waals surface area contributed by atoms with Crippen LogP contribution in [0.3, 0.4) is 0 Å². The molecule has 0 aromatic heterocycles. The number of ether oxygens (including phenoxy) is 1. The third-order valence-electron chi connectivity index (χ3n) is 5.29. The van der Waals surface area contributed by atoms with Crippen LogP contribution < -0.4 is 10.7 Å². The first-order valence-electron chi connectivity index (χ1n) is 10.2. The van der Waals surface area contributed by atoms with Crippen LogP contribution in [0.25, 0.3) is 0 Å². The molecule has 170 valence electrons. The molecular weight excluding hydrogens is 449 g/mol. The molecule has 9 heteroatoms. The van der Waals surface area contributed by atoms with Crippen molar-refractivity contribution in [3.05, 3.63) is 76.4 Å². The Morgan fingerprint density at radius 2 is 1.75 bits per heavy atom. The van der Waals surface area contributed by atoms with Crippen LogP contribution in [0.4, 0.5) is 5.69 Å². The van der Waals surface area contributed by atoms with E-state index in [0.717, 1.165) is 5.69 Å². The molecule has 0 spiro atoms. The normalized spacial score (nSPS) is 16.8. The first kappa shape index (κ1) is 23.9. The number of rotatable bonds is 5. The number of nitrogens with zero attached hydrogens (tertiary/aromatic N) is 4. The minimum atomic E-state index is -0.0635. The zero-order chi connectivity index (χ0) is 23.3. The van der Waals surface area contributed by atoms with E-state index in [0.29, 0.717) is 53.5 Å². The highest BCUT2D eigenvalue weighted by Gasteiger charge is 2.32. The average molecular weight is 476 g/mol. The Morgan fingerprint density at radius 3 is 2.28 bits per heavy atom. The van der Waals surface area contributed by atoms with Gasteiger partial charge in [0.05, 0.1) is 6.61 Å². The predicted molar refractivity (Wildman–Crippen MR) is 130 cm³/mol. The van der Waals surface area contributed by atoms with Gasteiger partial charge in [-0.25, -0.2) is 0 Å². The average Bonchev–Trinajstić information content (AvgIpc) is 2.78. The lowest BCUT2D eigenvalue weighted by atomic mass is 10.1. The summed E-state index contributed by atoms with van der Waals surface area (Å²) in [6.07, 6.45) is 0. The fraction of sp³-hybridized carbons (Fsp3) is 0.304. The maximum Gasteiger partial charge on any atom is 0.254 e. The van der Waals surface area contributed by atoms with Crippen molar-refractivity contribution >= 4 is 40.8 Å².